The number of carbonyl (C=O) groups is 5. The Bertz CT molecular complexity index is 604. The Morgan fingerprint density at radius 3 is 1.67 bits per heavy atom. The molecular formula is C16H23NO10. The van der Waals surface area contributed by atoms with Crippen molar-refractivity contribution in [2.45, 2.75) is 65.3 Å². The van der Waals surface area contributed by atoms with E-state index in [4.69, 9.17) is 23.7 Å². The summed E-state index contributed by atoms with van der Waals surface area (Å²) in [6, 6.07) is 0. The first-order valence-electron chi connectivity index (χ1n) is 8.08. The van der Waals surface area contributed by atoms with Crippen LogP contribution in [0.2, 0.25) is 0 Å². The van der Waals surface area contributed by atoms with Gasteiger partial charge in [0.2, 0.25) is 5.91 Å². The van der Waals surface area contributed by atoms with Crippen molar-refractivity contribution < 1.29 is 47.7 Å². The SMILES string of the molecule is CC(=O)N[C@@H]1OC(COC(C)=O)[C@@H](OC(C)=O)[C@H](OC(C)=O)C1OC(C)=O. The van der Waals surface area contributed by atoms with Crippen LogP contribution in [0.5, 0.6) is 0 Å². The van der Waals surface area contributed by atoms with Crippen LogP contribution in [0, 0.1) is 0 Å². The van der Waals surface area contributed by atoms with E-state index in [0.29, 0.717) is 0 Å². The standard InChI is InChI=1S/C16H23NO10/c1-7(18)17-16-15(26-11(5)22)14(25-10(4)21)13(24-9(3)20)12(27-16)6-23-8(2)19/h12-16H,6H2,1-5H3,(H,17,18)/t12?,13-,14+,15?,16-/m1/s1. The highest BCUT2D eigenvalue weighted by Crippen LogP contribution is 2.28. The number of carbonyl (C=O) groups excluding carboxylic acids is 5. The molecule has 27 heavy (non-hydrogen) atoms. The highest BCUT2D eigenvalue weighted by atomic mass is 16.7. The topological polar surface area (TPSA) is 144 Å². The van der Waals surface area contributed by atoms with Crippen LogP contribution in [-0.4, -0.2) is 67.0 Å². The molecule has 11 nitrogen and oxygen atoms in total. The van der Waals surface area contributed by atoms with Crippen molar-refractivity contribution in [2.75, 3.05) is 6.61 Å². The number of hydrogen-bond donors (Lipinski definition) is 1. The van der Waals surface area contributed by atoms with Gasteiger partial charge < -0.3 is 29.0 Å². The van der Waals surface area contributed by atoms with Gasteiger partial charge in [-0.3, -0.25) is 24.0 Å². The van der Waals surface area contributed by atoms with E-state index in [1.165, 1.54) is 13.8 Å². The Hall–Kier alpha value is -2.69. The summed E-state index contributed by atoms with van der Waals surface area (Å²) < 4.78 is 26.1. The normalized spacial score (nSPS) is 27.1. The molecule has 1 amide bonds. The first-order chi connectivity index (χ1) is 12.5. The predicted molar refractivity (Wildman–Crippen MR) is 85.8 cm³/mol. The second kappa shape index (κ2) is 9.86. The molecule has 1 fully saturated rings. The maximum absolute atomic E-state index is 11.6. The Kier molecular flexibility index (Phi) is 8.16. The van der Waals surface area contributed by atoms with Gasteiger partial charge in [-0.2, -0.15) is 0 Å². The highest BCUT2D eigenvalue weighted by Gasteiger charge is 2.52. The molecule has 0 aromatic rings. The molecule has 152 valence electrons. The average Bonchev–Trinajstić information content (AvgIpc) is 2.49. The van der Waals surface area contributed by atoms with Gasteiger partial charge in [0.15, 0.2) is 24.5 Å². The summed E-state index contributed by atoms with van der Waals surface area (Å²) >= 11 is 0. The van der Waals surface area contributed by atoms with Crippen LogP contribution in [0.3, 0.4) is 0 Å². The number of nitrogens with one attached hydrogen (secondary N) is 1. The number of ether oxygens (including phenoxy) is 5. The predicted octanol–water partition coefficient (Wildman–Crippen LogP) is -0.794. The van der Waals surface area contributed by atoms with E-state index in [9.17, 15) is 24.0 Å². The lowest BCUT2D eigenvalue weighted by Crippen LogP contribution is -2.66. The molecule has 5 atom stereocenters. The Labute approximate surface area is 155 Å². The minimum atomic E-state index is -1.30. The third kappa shape index (κ3) is 7.21. The van der Waals surface area contributed by atoms with Gasteiger partial charge in [-0.25, -0.2) is 0 Å². The summed E-state index contributed by atoms with van der Waals surface area (Å²) in [5.74, 6) is -3.36. The van der Waals surface area contributed by atoms with Crippen LogP contribution < -0.4 is 5.32 Å². The van der Waals surface area contributed by atoms with Gasteiger partial charge in [-0.1, -0.05) is 0 Å². The molecule has 0 aliphatic carbocycles. The Morgan fingerprint density at radius 2 is 1.22 bits per heavy atom. The van der Waals surface area contributed by atoms with E-state index >= 15 is 0 Å². The van der Waals surface area contributed by atoms with Crippen molar-refractivity contribution in [3.8, 4) is 0 Å². The van der Waals surface area contributed by atoms with Crippen molar-refractivity contribution in [3.05, 3.63) is 0 Å². The van der Waals surface area contributed by atoms with Gasteiger partial charge in [-0.05, 0) is 0 Å². The minimum Gasteiger partial charge on any atom is -0.463 e. The van der Waals surface area contributed by atoms with E-state index in [0.717, 1.165) is 20.8 Å². The van der Waals surface area contributed by atoms with Gasteiger partial charge in [0.1, 0.15) is 12.7 Å². The second-order valence-electron chi connectivity index (χ2n) is 5.82. The lowest BCUT2D eigenvalue weighted by molar-refractivity contribution is -0.256. The second-order valence-corrected chi connectivity index (χ2v) is 5.82. The molecule has 0 spiro atoms. The number of rotatable bonds is 6. The molecule has 0 aromatic carbocycles. The Balaban J connectivity index is 3.29. The van der Waals surface area contributed by atoms with Crippen LogP contribution >= 0.6 is 0 Å². The van der Waals surface area contributed by atoms with E-state index in [2.05, 4.69) is 5.32 Å². The first-order valence-corrected chi connectivity index (χ1v) is 8.08. The first kappa shape index (κ1) is 22.4. The lowest BCUT2D eigenvalue weighted by Gasteiger charge is -2.44. The molecule has 0 bridgehead atoms. The summed E-state index contributed by atoms with van der Waals surface area (Å²) in [7, 11) is 0. The zero-order chi connectivity index (χ0) is 20.7. The van der Waals surface area contributed by atoms with E-state index in [1.807, 2.05) is 0 Å². The molecular weight excluding hydrogens is 366 g/mol. The number of esters is 4. The van der Waals surface area contributed by atoms with E-state index < -0.39 is 60.4 Å². The summed E-state index contributed by atoms with van der Waals surface area (Å²) in [6.07, 6.45) is -6.18. The quantitative estimate of drug-likeness (QED) is 0.453. The van der Waals surface area contributed by atoms with Crippen molar-refractivity contribution in [3.63, 3.8) is 0 Å². The molecule has 2 unspecified atom stereocenters. The molecule has 0 radical (unpaired) electrons. The van der Waals surface area contributed by atoms with Crippen molar-refractivity contribution in [1.29, 1.82) is 0 Å². The van der Waals surface area contributed by atoms with Gasteiger partial charge >= 0.3 is 23.9 Å². The smallest absolute Gasteiger partial charge is 0.303 e. The zero-order valence-electron chi connectivity index (χ0n) is 15.7. The summed E-state index contributed by atoms with van der Waals surface area (Å²) in [5, 5.41) is 2.42. The van der Waals surface area contributed by atoms with Crippen LogP contribution in [-0.2, 0) is 47.7 Å². The largest absolute Gasteiger partial charge is 0.463 e. The average molecular weight is 389 g/mol. The van der Waals surface area contributed by atoms with Gasteiger partial charge in [0.05, 0.1) is 0 Å². The molecule has 11 heteroatoms. The maximum Gasteiger partial charge on any atom is 0.303 e. The fraction of sp³-hybridized carbons (Fsp3) is 0.688. The van der Waals surface area contributed by atoms with Crippen molar-refractivity contribution in [2.24, 2.45) is 0 Å². The van der Waals surface area contributed by atoms with E-state index in [1.54, 1.807) is 0 Å². The maximum atomic E-state index is 11.6. The van der Waals surface area contributed by atoms with Gasteiger partial charge in [0, 0.05) is 34.6 Å². The molecule has 0 aromatic heterocycles. The van der Waals surface area contributed by atoms with Crippen LogP contribution in [0.4, 0.5) is 0 Å². The van der Waals surface area contributed by atoms with Crippen molar-refractivity contribution >= 4 is 29.8 Å². The zero-order valence-corrected chi connectivity index (χ0v) is 15.7. The fourth-order valence-corrected chi connectivity index (χ4v) is 2.54. The molecule has 1 aliphatic heterocycles. The number of amides is 1. The molecule has 1 heterocycles. The molecule has 1 N–H and O–H groups in total. The fourth-order valence-electron chi connectivity index (χ4n) is 2.54. The highest BCUT2D eigenvalue weighted by molar-refractivity contribution is 5.73. The monoisotopic (exact) mass is 389 g/mol. The molecule has 1 aliphatic rings. The van der Waals surface area contributed by atoms with Gasteiger partial charge in [0.25, 0.3) is 0 Å². The number of hydrogen-bond acceptors (Lipinski definition) is 10. The molecule has 1 saturated heterocycles. The van der Waals surface area contributed by atoms with E-state index in [-0.39, 0.29) is 6.61 Å². The van der Waals surface area contributed by atoms with Crippen LogP contribution in [0.1, 0.15) is 34.6 Å². The summed E-state index contributed by atoms with van der Waals surface area (Å²) in [4.78, 5) is 57.2. The minimum absolute atomic E-state index is 0.353. The van der Waals surface area contributed by atoms with Gasteiger partial charge in [-0.15, -0.1) is 0 Å². The molecule has 0 saturated carbocycles. The summed E-state index contributed by atoms with van der Waals surface area (Å²) in [6.45, 7) is 5.36. The van der Waals surface area contributed by atoms with Crippen molar-refractivity contribution in [1.82, 2.24) is 5.32 Å². The van der Waals surface area contributed by atoms with Crippen LogP contribution in [0.15, 0.2) is 0 Å². The third-order valence-electron chi connectivity index (χ3n) is 3.34. The molecule has 1 rings (SSSR count). The summed E-state index contributed by atoms with van der Waals surface area (Å²) in [5.41, 5.74) is 0. The third-order valence-corrected chi connectivity index (χ3v) is 3.34. The lowest BCUT2D eigenvalue weighted by atomic mass is 9.97. The van der Waals surface area contributed by atoms with Crippen LogP contribution in [0.25, 0.3) is 0 Å². The Morgan fingerprint density at radius 1 is 0.741 bits per heavy atom.